The van der Waals surface area contributed by atoms with Crippen LogP contribution in [-0.2, 0) is 6.42 Å². The van der Waals surface area contributed by atoms with Gasteiger partial charge in [0.25, 0.3) is 0 Å². The van der Waals surface area contributed by atoms with Gasteiger partial charge >= 0.3 is 0 Å². The zero-order chi connectivity index (χ0) is 9.80. The smallest absolute Gasteiger partial charge is 0.231 e. The van der Waals surface area contributed by atoms with Crippen molar-refractivity contribution in [2.75, 3.05) is 18.8 Å². The van der Waals surface area contributed by atoms with E-state index in [2.05, 4.69) is 27.3 Å². The number of benzene rings is 1. The molecule has 2 rings (SSSR count). The van der Waals surface area contributed by atoms with Crippen LogP contribution in [0, 0.1) is 0 Å². The molecule has 0 unspecified atom stereocenters. The minimum absolute atomic E-state index is 0.346. The standard InChI is InChI=1S/C10H12BrNO2/c11-6-12-4-3-8-1-2-9-10(5-8)14-7-13-9/h1-2,5,12H,3-4,6-7H2. The lowest BCUT2D eigenvalue weighted by molar-refractivity contribution is 0.174. The fourth-order valence-corrected chi connectivity index (χ4v) is 1.68. The Balaban J connectivity index is 1.98. The molecule has 1 aromatic carbocycles. The van der Waals surface area contributed by atoms with E-state index in [1.54, 1.807) is 0 Å². The number of rotatable bonds is 4. The van der Waals surface area contributed by atoms with Crippen molar-refractivity contribution in [3.05, 3.63) is 23.8 Å². The fourth-order valence-electron chi connectivity index (χ4n) is 1.40. The molecular weight excluding hydrogens is 246 g/mol. The Hall–Kier alpha value is -0.740. The molecule has 1 heterocycles. The maximum Gasteiger partial charge on any atom is 0.231 e. The highest BCUT2D eigenvalue weighted by molar-refractivity contribution is 9.09. The fraction of sp³-hybridized carbons (Fsp3) is 0.400. The molecule has 3 nitrogen and oxygen atoms in total. The number of hydrogen-bond donors (Lipinski definition) is 1. The van der Waals surface area contributed by atoms with Crippen molar-refractivity contribution in [3.8, 4) is 11.5 Å². The number of ether oxygens (including phenoxy) is 2. The average Bonchev–Trinajstić information content (AvgIpc) is 2.65. The summed E-state index contributed by atoms with van der Waals surface area (Å²) in [5.74, 6) is 1.71. The zero-order valence-electron chi connectivity index (χ0n) is 7.75. The van der Waals surface area contributed by atoms with E-state index in [0.29, 0.717) is 6.79 Å². The van der Waals surface area contributed by atoms with Gasteiger partial charge in [-0.1, -0.05) is 22.0 Å². The molecule has 14 heavy (non-hydrogen) atoms. The summed E-state index contributed by atoms with van der Waals surface area (Å²) in [5.41, 5.74) is 2.10. The third kappa shape index (κ3) is 2.19. The van der Waals surface area contributed by atoms with Crippen LogP contribution in [0.5, 0.6) is 11.5 Å². The Bertz CT molecular complexity index is 317. The van der Waals surface area contributed by atoms with E-state index < -0.39 is 0 Å². The van der Waals surface area contributed by atoms with Crippen molar-refractivity contribution < 1.29 is 9.47 Å². The van der Waals surface area contributed by atoms with E-state index in [1.165, 1.54) is 5.56 Å². The molecular formula is C10H12BrNO2. The van der Waals surface area contributed by atoms with Crippen LogP contribution in [0.2, 0.25) is 0 Å². The number of alkyl halides is 1. The highest BCUT2D eigenvalue weighted by atomic mass is 79.9. The summed E-state index contributed by atoms with van der Waals surface area (Å²) >= 11 is 3.32. The first kappa shape index (κ1) is 9.80. The Labute approximate surface area is 91.5 Å². The Kier molecular flexibility index (Phi) is 3.26. The molecule has 4 heteroatoms. The van der Waals surface area contributed by atoms with Crippen LogP contribution in [0.15, 0.2) is 18.2 Å². The van der Waals surface area contributed by atoms with Crippen molar-refractivity contribution in [1.29, 1.82) is 0 Å². The summed E-state index contributed by atoms with van der Waals surface area (Å²) in [5, 5.41) is 3.21. The van der Waals surface area contributed by atoms with Crippen LogP contribution >= 0.6 is 15.9 Å². The minimum Gasteiger partial charge on any atom is -0.454 e. The molecule has 0 saturated carbocycles. The molecule has 0 fully saturated rings. The maximum absolute atomic E-state index is 5.29. The van der Waals surface area contributed by atoms with Crippen molar-refractivity contribution in [2.24, 2.45) is 0 Å². The van der Waals surface area contributed by atoms with Gasteiger partial charge in [0, 0.05) is 0 Å². The number of halogens is 1. The highest BCUT2D eigenvalue weighted by Gasteiger charge is 2.12. The third-order valence-electron chi connectivity index (χ3n) is 2.12. The van der Waals surface area contributed by atoms with Crippen LogP contribution in [0.3, 0.4) is 0 Å². The van der Waals surface area contributed by atoms with Crippen LogP contribution < -0.4 is 14.8 Å². The van der Waals surface area contributed by atoms with Gasteiger partial charge in [-0.25, -0.2) is 0 Å². The summed E-state index contributed by atoms with van der Waals surface area (Å²) in [4.78, 5) is 0. The van der Waals surface area contributed by atoms with Crippen LogP contribution in [0.1, 0.15) is 5.56 Å². The topological polar surface area (TPSA) is 30.5 Å². The van der Waals surface area contributed by atoms with Crippen molar-refractivity contribution in [3.63, 3.8) is 0 Å². The summed E-state index contributed by atoms with van der Waals surface area (Å²) in [6.07, 6.45) is 1.00. The summed E-state index contributed by atoms with van der Waals surface area (Å²) in [6.45, 7) is 1.31. The summed E-state index contributed by atoms with van der Waals surface area (Å²) < 4.78 is 10.5. The van der Waals surface area contributed by atoms with Gasteiger partial charge in [-0.15, -0.1) is 0 Å². The SMILES string of the molecule is BrCNCCc1ccc2c(c1)OCO2. The molecule has 0 amide bonds. The highest BCUT2D eigenvalue weighted by Crippen LogP contribution is 2.32. The van der Waals surface area contributed by atoms with Crippen molar-refractivity contribution >= 4 is 15.9 Å². The second-order valence-corrected chi connectivity index (χ2v) is 3.63. The molecule has 0 aromatic heterocycles. The van der Waals surface area contributed by atoms with Gasteiger partial charge in [-0.05, 0) is 30.7 Å². The molecule has 0 aliphatic carbocycles. The quantitative estimate of drug-likeness (QED) is 0.508. The zero-order valence-corrected chi connectivity index (χ0v) is 9.34. The van der Waals surface area contributed by atoms with Crippen molar-refractivity contribution in [1.82, 2.24) is 5.32 Å². The lowest BCUT2D eigenvalue weighted by Gasteiger charge is -2.02. The first-order valence-corrected chi connectivity index (χ1v) is 5.67. The monoisotopic (exact) mass is 257 g/mol. The Morgan fingerprint density at radius 2 is 2.14 bits per heavy atom. The van der Waals surface area contributed by atoms with E-state index in [4.69, 9.17) is 9.47 Å². The minimum atomic E-state index is 0.346. The Morgan fingerprint density at radius 1 is 1.29 bits per heavy atom. The van der Waals surface area contributed by atoms with Gasteiger partial charge in [0.2, 0.25) is 6.79 Å². The van der Waals surface area contributed by atoms with Gasteiger partial charge in [-0.2, -0.15) is 0 Å². The second kappa shape index (κ2) is 4.66. The molecule has 1 aliphatic heterocycles. The van der Waals surface area contributed by atoms with Crippen LogP contribution in [0.25, 0.3) is 0 Å². The lowest BCUT2D eigenvalue weighted by atomic mass is 10.1. The summed E-state index contributed by atoms with van der Waals surface area (Å²) in [6, 6.07) is 6.08. The molecule has 76 valence electrons. The first-order chi connectivity index (χ1) is 6.90. The second-order valence-electron chi connectivity index (χ2n) is 3.07. The molecule has 0 saturated heterocycles. The number of hydrogen-bond acceptors (Lipinski definition) is 3. The predicted molar refractivity (Wildman–Crippen MR) is 58.1 cm³/mol. The van der Waals surface area contributed by atoms with E-state index >= 15 is 0 Å². The largest absolute Gasteiger partial charge is 0.454 e. The van der Waals surface area contributed by atoms with Crippen LogP contribution in [0.4, 0.5) is 0 Å². The molecule has 1 aromatic rings. The van der Waals surface area contributed by atoms with E-state index in [1.807, 2.05) is 12.1 Å². The number of fused-ring (bicyclic) bond motifs is 1. The van der Waals surface area contributed by atoms with Gasteiger partial charge < -0.3 is 14.8 Å². The molecule has 0 radical (unpaired) electrons. The van der Waals surface area contributed by atoms with E-state index in [9.17, 15) is 0 Å². The van der Waals surface area contributed by atoms with E-state index in [0.717, 1.165) is 29.9 Å². The maximum atomic E-state index is 5.29. The lowest BCUT2D eigenvalue weighted by Crippen LogP contribution is -2.14. The van der Waals surface area contributed by atoms with Crippen LogP contribution in [-0.4, -0.2) is 18.8 Å². The molecule has 1 aliphatic rings. The van der Waals surface area contributed by atoms with Crippen molar-refractivity contribution in [2.45, 2.75) is 6.42 Å². The Morgan fingerprint density at radius 3 is 3.00 bits per heavy atom. The third-order valence-corrected chi connectivity index (χ3v) is 2.52. The molecule has 0 atom stereocenters. The van der Waals surface area contributed by atoms with Gasteiger partial charge in [0.15, 0.2) is 11.5 Å². The first-order valence-electron chi connectivity index (χ1n) is 4.55. The summed E-state index contributed by atoms with van der Waals surface area (Å²) in [7, 11) is 0. The van der Waals surface area contributed by atoms with Gasteiger partial charge in [-0.3, -0.25) is 0 Å². The van der Waals surface area contributed by atoms with E-state index in [-0.39, 0.29) is 0 Å². The number of nitrogens with one attached hydrogen (secondary N) is 1. The molecule has 0 bridgehead atoms. The average molecular weight is 258 g/mol. The molecule has 1 N–H and O–H groups in total. The van der Waals surface area contributed by atoms with Gasteiger partial charge in [0.1, 0.15) is 0 Å². The van der Waals surface area contributed by atoms with Gasteiger partial charge in [0.05, 0.1) is 5.45 Å². The molecule has 0 spiro atoms. The predicted octanol–water partition coefficient (Wildman–Crippen LogP) is 1.90. The normalized spacial score (nSPS) is 13.2.